The Hall–Kier alpha value is -2.75. The molecule has 2 aromatic carbocycles. The molecular formula is C32H41NO2. The van der Waals surface area contributed by atoms with Gasteiger partial charge in [-0.05, 0) is 93.2 Å². The average molecular weight is 472 g/mol. The Morgan fingerprint density at radius 3 is 2.23 bits per heavy atom. The maximum Gasteiger partial charge on any atom is 0.214 e. The second-order valence-corrected chi connectivity index (χ2v) is 10.1. The summed E-state index contributed by atoms with van der Waals surface area (Å²) in [6.45, 7) is 16.9. The Balaban J connectivity index is 1.84. The molecule has 0 saturated heterocycles. The van der Waals surface area contributed by atoms with Crippen molar-refractivity contribution in [3.63, 3.8) is 0 Å². The van der Waals surface area contributed by atoms with Gasteiger partial charge in [0.25, 0.3) is 0 Å². The SMILES string of the molecule is [C-]#[N+]CCCCOc1ccc(C(CC)(CC)c2ccc(C#CC3(O)CCCCC3)c(C)c2)cc1C. The lowest BCUT2D eigenvalue weighted by Gasteiger charge is -2.34. The first-order valence-electron chi connectivity index (χ1n) is 13.3. The fourth-order valence-corrected chi connectivity index (χ4v) is 5.36. The molecule has 0 aliphatic heterocycles. The molecule has 1 fully saturated rings. The van der Waals surface area contributed by atoms with Crippen LogP contribution in [-0.2, 0) is 5.41 Å². The van der Waals surface area contributed by atoms with Crippen molar-refractivity contribution in [1.82, 2.24) is 0 Å². The number of hydrogen-bond acceptors (Lipinski definition) is 2. The lowest BCUT2D eigenvalue weighted by molar-refractivity contribution is 0.0610. The minimum absolute atomic E-state index is 0.0722. The van der Waals surface area contributed by atoms with Crippen molar-refractivity contribution in [2.45, 2.75) is 96.5 Å². The number of aliphatic hydroxyl groups is 1. The minimum Gasteiger partial charge on any atom is -0.493 e. The standard InChI is InChI=1S/C32H41NO2/c1-6-32(7-2,29-15-16-30(26(4)24-29)35-22-12-11-21-33-5)28-14-13-27(25(3)23-28)17-20-31(34)18-9-8-10-19-31/h13-16,23-24,34H,6-12,18-19,21-22H2,1-4H3. The van der Waals surface area contributed by atoms with Crippen LogP contribution in [0.15, 0.2) is 36.4 Å². The summed E-state index contributed by atoms with van der Waals surface area (Å²) >= 11 is 0. The molecule has 3 rings (SSSR count). The number of nitrogens with zero attached hydrogens (tertiary/aromatic N) is 1. The van der Waals surface area contributed by atoms with Gasteiger partial charge in [0.1, 0.15) is 11.4 Å². The largest absolute Gasteiger partial charge is 0.493 e. The summed E-state index contributed by atoms with van der Waals surface area (Å²) < 4.78 is 6.01. The number of aryl methyl sites for hydroxylation is 2. The zero-order valence-corrected chi connectivity index (χ0v) is 22.0. The van der Waals surface area contributed by atoms with Gasteiger partial charge in [-0.3, -0.25) is 0 Å². The summed E-state index contributed by atoms with van der Waals surface area (Å²) in [5.74, 6) is 7.42. The van der Waals surface area contributed by atoms with Gasteiger partial charge < -0.3 is 14.7 Å². The summed E-state index contributed by atoms with van der Waals surface area (Å²) in [4.78, 5) is 3.41. The molecule has 1 aliphatic carbocycles. The zero-order valence-electron chi connectivity index (χ0n) is 22.0. The third-order valence-electron chi connectivity index (χ3n) is 7.75. The Morgan fingerprint density at radius 2 is 1.63 bits per heavy atom. The first-order valence-corrected chi connectivity index (χ1v) is 13.3. The van der Waals surface area contributed by atoms with Gasteiger partial charge in [-0.1, -0.05) is 56.4 Å². The summed E-state index contributed by atoms with van der Waals surface area (Å²) in [6.07, 6.45) is 8.68. The van der Waals surface area contributed by atoms with Crippen LogP contribution in [0.25, 0.3) is 4.85 Å². The summed E-state index contributed by atoms with van der Waals surface area (Å²) in [7, 11) is 0. The van der Waals surface area contributed by atoms with Crippen molar-refractivity contribution in [3.8, 4) is 17.6 Å². The average Bonchev–Trinajstić information content (AvgIpc) is 2.86. The van der Waals surface area contributed by atoms with Crippen LogP contribution >= 0.6 is 0 Å². The lowest BCUT2D eigenvalue weighted by atomic mass is 9.70. The normalized spacial score (nSPS) is 15.1. The van der Waals surface area contributed by atoms with Gasteiger partial charge in [0, 0.05) is 17.4 Å². The van der Waals surface area contributed by atoms with Gasteiger partial charge in [-0.15, -0.1) is 0 Å². The quantitative estimate of drug-likeness (QED) is 0.233. The third-order valence-corrected chi connectivity index (χ3v) is 7.75. The van der Waals surface area contributed by atoms with Crippen molar-refractivity contribution in [2.24, 2.45) is 0 Å². The summed E-state index contributed by atoms with van der Waals surface area (Å²) in [6, 6.07) is 13.3. The molecule has 1 aliphatic rings. The number of unbranched alkanes of at least 4 members (excludes halogenated alkanes) is 1. The van der Waals surface area contributed by atoms with E-state index in [-0.39, 0.29) is 5.41 Å². The van der Waals surface area contributed by atoms with Gasteiger partial charge in [-0.2, -0.15) is 0 Å². The minimum atomic E-state index is -0.821. The first-order chi connectivity index (χ1) is 16.9. The molecule has 3 heteroatoms. The van der Waals surface area contributed by atoms with Crippen LogP contribution in [0, 0.1) is 32.3 Å². The molecule has 1 N–H and O–H groups in total. The van der Waals surface area contributed by atoms with E-state index in [2.05, 4.69) is 80.8 Å². The van der Waals surface area contributed by atoms with Crippen molar-refractivity contribution < 1.29 is 9.84 Å². The highest BCUT2D eigenvalue weighted by molar-refractivity contribution is 5.50. The van der Waals surface area contributed by atoms with E-state index in [9.17, 15) is 5.11 Å². The van der Waals surface area contributed by atoms with E-state index in [1.165, 1.54) is 17.5 Å². The highest BCUT2D eigenvalue weighted by atomic mass is 16.5. The molecule has 0 bridgehead atoms. The Bertz CT molecular complexity index is 1090. The van der Waals surface area contributed by atoms with E-state index in [1.54, 1.807) is 0 Å². The molecule has 0 spiro atoms. The van der Waals surface area contributed by atoms with Crippen LogP contribution in [0.2, 0.25) is 0 Å². The summed E-state index contributed by atoms with van der Waals surface area (Å²) in [5.41, 5.74) is 5.06. The van der Waals surface area contributed by atoms with Crippen LogP contribution in [0.3, 0.4) is 0 Å². The molecule has 3 nitrogen and oxygen atoms in total. The topological polar surface area (TPSA) is 33.8 Å². The zero-order chi connectivity index (χ0) is 25.3. The van der Waals surface area contributed by atoms with Gasteiger partial charge >= 0.3 is 0 Å². The van der Waals surface area contributed by atoms with E-state index < -0.39 is 5.60 Å². The van der Waals surface area contributed by atoms with Gasteiger partial charge in [0.05, 0.1) is 6.61 Å². The van der Waals surface area contributed by atoms with Crippen LogP contribution in [0.4, 0.5) is 0 Å². The third kappa shape index (κ3) is 6.48. The van der Waals surface area contributed by atoms with E-state index in [0.29, 0.717) is 13.2 Å². The number of rotatable bonds is 9. The summed E-state index contributed by atoms with van der Waals surface area (Å²) in [5, 5.41) is 10.8. The van der Waals surface area contributed by atoms with E-state index in [0.717, 1.165) is 73.8 Å². The Morgan fingerprint density at radius 1 is 0.971 bits per heavy atom. The molecular weight excluding hydrogens is 430 g/mol. The van der Waals surface area contributed by atoms with E-state index >= 15 is 0 Å². The Labute approximate surface area is 212 Å². The van der Waals surface area contributed by atoms with Crippen LogP contribution in [0.1, 0.15) is 99.5 Å². The van der Waals surface area contributed by atoms with E-state index in [4.69, 9.17) is 11.3 Å². The molecule has 1 saturated carbocycles. The molecule has 0 radical (unpaired) electrons. The van der Waals surface area contributed by atoms with Crippen molar-refractivity contribution >= 4 is 0 Å². The maximum absolute atomic E-state index is 10.8. The monoisotopic (exact) mass is 471 g/mol. The molecule has 0 heterocycles. The molecule has 35 heavy (non-hydrogen) atoms. The van der Waals surface area contributed by atoms with Crippen molar-refractivity contribution in [3.05, 3.63) is 75.6 Å². The molecule has 0 atom stereocenters. The fourth-order valence-electron chi connectivity index (χ4n) is 5.36. The molecule has 0 unspecified atom stereocenters. The van der Waals surface area contributed by atoms with Gasteiger partial charge in [0.15, 0.2) is 0 Å². The van der Waals surface area contributed by atoms with Gasteiger partial charge in [-0.25, -0.2) is 6.57 Å². The molecule has 2 aromatic rings. The highest BCUT2D eigenvalue weighted by Crippen LogP contribution is 2.41. The highest BCUT2D eigenvalue weighted by Gasteiger charge is 2.31. The number of ether oxygens (including phenoxy) is 1. The molecule has 0 amide bonds. The van der Waals surface area contributed by atoms with Crippen molar-refractivity contribution in [1.29, 1.82) is 0 Å². The van der Waals surface area contributed by atoms with E-state index in [1.807, 2.05) is 0 Å². The molecule has 0 aromatic heterocycles. The lowest BCUT2D eigenvalue weighted by Crippen LogP contribution is -2.29. The predicted octanol–water partition coefficient (Wildman–Crippen LogP) is 7.53. The number of hydrogen-bond donors (Lipinski definition) is 1. The first kappa shape index (κ1) is 26.8. The van der Waals surface area contributed by atoms with Crippen LogP contribution in [-0.4, -0.2) is 23.9 Å². The second-order valence-electron chi connectivity index (χ2n) is 10.1. The molecule has 186 valence electrons. The van der Waals surface area contributed by atoms with Gasteiger partial charge in [0.2, 0.25) is 6.54 Å². The van der Waals surface area contributed by atoms with Crippen LogP contribution < -0.4 is 4.74 Å². The second kappa shape index (κ2) is 12.3. The number of benzene rings is 2. The maximum atomic E-state index is 10.8. The fraction of sp³-hybridized carbons (Fsp3) is 0.531. The van der Waals surface area contributed by atoms with Crippen molar-refractivity contribution in [2.75, 3.05) is 13.2 Å². The Kier molecular flexibility index (Phi) is 9.42. The van der Waals surface area contributed by atoms with Crippen LogP contribution in [0.5, 0.6) is 5.75 Å². The smallest absolute Gasteiger partial charge is 0.214 e. The predicted molar refractivity (Wildman–Crippen MR) is 145 cm³/mol.